The van der Waals surface area contributed by atoms with Crippen LogP contribution in [-0.4, -0.2) is 50.8 Å². The van der Waals surface area contributed by atoms with Gasteiger partial charge in [-0.15, -0.1) is 5.10 Å². The molecule has 1 fully saturated rings. The molecule has 3 heterocycles. The van der Waals surface area contributed by atoms with Gasteiger partial charge in [0, 0.05) is 24.6 Å². The van der Waals surface area contributed by atoms with E-state index in [1.807, 2.05) is 0 Å². The molecule has 2 amide bonds. The normalized spacial score (nSPS) is 14.1. The van der Waals surface area contributed by atoms with Crippen LogP contribution in [0.3, 0.4) is 0 Å². The standard InChI is InChI=1S/C22H20FN7O4/c1-11-17(19(31)21(33)27-22(9-34-10-22)16-8-25-29-28-16)12(2)30(3)18(11)20(32)26-14-4-5-15(23)13(6-14)7-24/h4-6,8H,9-10H2,1-3H3,(H,26,32)(H,27,33)(H,25,28,29). The summed E-state index contributed by atoms with van der Waals surface area (Å²) in [7, 11) is 1.59. The van der Waals surface area contributed by atoms with Crippen LogP contribution in [-0.2, 0) is 22.1 Å². The van der Waals surface area contributed by atoms with Gasteiger partial charge in [0.1, 0.15) is 28.8 Å². The number of H-pyrrole nitrogens is 1. The Labute approximate surface area is 192 Å². The molecule has 0 spiro atoms. The van der Waals surface area contributed by atoms with Crippen LogP contribution in [0.5, 0.6) is 0 Å². The molecule has 3 aromatic rings. The minimum atomic E-state index is -0.961. The van der Waals surface area contributed by atoms with Crippen LogP contribution in [0.4, 0.5) is 10.1 Å². The van der Waals surface area contributed by atoms with E-state index in [9.17, 15) is 18.8 Å². The summed E-state index contributed by atoms with van der Waals surface area (Å²) in [5.41, 5.74) is 0.445. The number of anilines is 1. The molecule has 2 aromatic heterocycles. The van der Waals surface area contributed by atoms with E-state index in [1.165, 1.54) is 22.9 Å². The molecule has 1 aliphatic heterocycles. The van der Waals surface area contributed by atoms with E-state index in [0.717, 1.165) is 6.07 Å². The number of carbonyl (C=O) groups excluding carboxylic acids is 3. The number of ketones is 1. The number of rotatable bonds is 6. The Balaban J connectivity index is 1.59. The summed E-state index contributed by atoms with van der Waals surface area (Å²) in [6.45, 7) is 3.46. The molecule has 174 valence electrons. The molecule has 4 rings (SSSR count). The van der Waals surface area contributed by atoms with E-state index in [2.05, 4.69) is 26.0 Å². The number of aromatic amines is 1. The minimum Gasteiger partial charge on any atom is -0.376 e. The number of nitriles is 1. The van der Waals surface area contributed by atoms with Gasteiger partial charge >= 0.3 is 0 Å². The summed E-state index contributed by atoms with van der Waals surface area (Å²) in [5.74, 6) is -2.96. The van der Waals surface area contributed by atoms with Crippen LogP contribution in [0.25, 0.3) is 0 Å². The van der Waals surface area contributed by atoms with Crippen molar-refractivity contribution in [1.29, 1.82) is 5.26 Å². The molecule has 3 N–H and O–H groups in total. The fourth-order valence-electron chi connectivity index (χ4n) is 3.93. The number of nitrogens with one attached hydrogen (secondary N) is 3. The first-order chi connectivity index (χ1) is 16.2. The molecular formula is C22H20FN7O4. The Bertz CT molecular complexity index is 1350. The summed E-state index contributed by atoms with van der Waals surface area (Å²) in [6, 6.07) is 5.32. The number of ether oxygens (including phenoxy) is 1. The van der Waals surface area contributed by atoms with E-state index in [-0.39, 0.29) is 35.7 Å². The number of amides is 2. The fraction of sp³-hybridized carbons (Fsp3) is 0.273. The quantitative estimate of drug-likeness (QED) is 0.365. The number of Topliss-reactive ketones (excluding diaryl/α,β-unsaturated/α-hetero) is 1. The average molecular weight is 465 g/mol. The Morgan fingerprint density at radius 1 is 1.29 bits per heavy atom. The maximum atomic E-state index is 13.6. The zero-order chi connectivity index (χ0) is 24.6. The highest BCUT2D eigenvalue weighted by molar-refractivity contribution is 6.43. The van der Waals surface area contributed by atoms with Crippen molar-refractivity contribution < 1.29 is 23.5 Å². The molecule has 0 radical (unpaired) electrons. The lowest BCUT2D eigenvalue weighted by atomic mass is 9.92. The number of hydrogen-bond acceptors (Lipinski definition) is 7. The van der Waals surface area contributed by atoms with Gasteiger partial charge < -0.3 is 19.9 Å². The first-order valence-corrected chi connectivity index (χ1v) is 10.2. The van der Waals surface area contributed by atoms with Crippen LogP contribution in [0, 0.1) is 31.0 Å². The van der Waals surface area contributed by atoms with Gasteiger partial charge in [-0.05, 0) is 37.6 Å². The van der Waals surface area contributed by atoms with Crippen LogP contribution in [0.2, 0.25) is 0 Å². The molecule has 0 aliphatic carbocycles. The van der Waals surface area contributed by atoms with Crippen molar-refractivity contribution in [2.75, 3.05) is 18.5 Å². The van der Waals surface area contributed by atoms with Gasteiger partial charge in [0.15, 0.2) is 0 Å². The number of hydrogen-bond donors (Lipinski definition) is 3. The van der Waals surface area contributed by atoms with Gasteiger partial charge in [0.25, 0.3) is 17.6 Å². The highest BCUT2D eigenvalue weighted by atomic mass is 19.1. The molecular weight excluding hydrogens is 445 g/mol. The lowest BCUT2D eigenvalue weighted by Gasteiger charge is -2.39. The van der Waals surface area contributed by atoms with Crippen LogP contribution in [0.1, 0.15) is 43.4 Å². The minimum absolute atomic E-state index is 0.0949. The van der Waals surface area contributed by atoms with Crippen molar-refractivity contribution in [2.45, 2.75) is 19.4 Å². The van der Waals surface area contributed by atoms with Crippen molar-refractivity contribution >= 4 is 23.3 Å². The molecule has 34 heavy (non-hydrogen) atoms. The summed E-state index contributed by atoms with van der Waals surface area (Å²) in [4.78, 5) is 39.0. The van der Waals surface area contributed by atoms with E-state index < -0.39 is 29.0 Å². The predicted molar refractivity (Wildman–Crippen MR) is 115 cm³/mol. The zero-order valence-corrected chi connectivity index (χ0v) is 18.5. The topological polar surface area (TPSA) is 155 Å². The third-order valence-electron chi connectivity index (χ3n) is 5.88. The largest absolute Gasteiger partial charge is 0.376 e. The van der Waals surface area contributed by atoms with Crippen LogP contribution >= 0.6 is 0 Å². The Morgan fingerprint density at radius 2 is 2.03 bits per heavy atom. The average Bonchev–Trinajstić information content (AvgIpc) is 3.39. The molecule has 0 saturated carbocycles. The third-order valence-corrected chi connectivity index (χ3v) is 5.88. The van der Waals surface area contributed by atoms with E-state index in [0.29, 0.717) is 17.0 Å². The molecule has 1 aromatic carbocycles. The maximum Gasteiger partial charge on any atom is 0.293 e. The lowest BCUT2D eigenvalue weighted by molar-refractivity contribution is -0.130. The van der Waals surface area contributed by atoms with Gasteiger partial charge in [0.05, 0.1) is 24.3 Å². The van der Waals surface area contributed by atoms with Gasteiger partial charge in [-0.2, -0.15) is 5.26 Å². The number of carbonyl (C=O) groups is 3. The second kappa shape index (κ2) is 8.53. The van der Waals surface area contributed by atoms with E-state index in [4.69, 9.17) is 10.00 Å². The summed E-state index contributed by atoms with van der Waals surface area (Å²) >= 11 is 0. The molecule has 0 unspecified atom stereocenters. The number of nitrogens with zero attached hydrogens (tertiary/aromatic N) is 4. The summed E-state index contributed by atoms with van der Waals surface area (Å²) in [6.07, 6.45) is 1.52. The maximum absolute atomic E-state index is 13.6. The van der Waals surface area contributed by atoms with Crippen molar-refractivity contribution in [1.82, 2.24) is 25.3 Å². The van der Waals surface area contributed by atoms with E-state index >= 15 is 0 Å². The molecule has 12 heteroatoms. The highest BCUT2D eigenvalue weighted by Gasteiger charge is 2.45. The van der Waals surface area contributed by atoms with Crippen LogP contribution in [0.15, 0.2) is 24.4 Å². The highest BCUT2D eigenvalue weighted by Crippen LogP contribution is 2.28. The van der Waals surface area contributed by atoms with E-state index in [1.54, 1.807) is 27.0 Å². The first kappa shape index (κ1) is 22.8. The Kier molecular flexibility index (Phi) is 5.72. The number of halogens is 1. The number of benzene rings is 1. The molecule has 1 aliphatic rings. The third kappa shape index (κ3) is 3.71. The lowest BCUT2D eigenvalue weighted by Crippen LogP contribution is -2.60. The van der Waals surface area contributed by atoms with Gasteiger partial charge in [0.2, 0.25) is 0 Å². The Hall–Kier alpha value is -4.37. The van der Waals surface area contributed by atoms with Crippen molar-refractivity contribution in [3.05, 3.63) is 64.0 Å². The second-order valence-corrected chi connectivity index (χ2v) is 7.97. The number of aromatic nitrogens is 4. The van der Waals surface area contributed by atoms with Crippen molar-refractivity contribution in [3.8, 4) is 6.07 Å². The second-order valence-electron chi connectivity index (χ2n) is 7.97. The van der Waals surface area contributed by atoms with Gasteiger partial charge in [-0.1, -0.05) is 5.21 Å². The molecule has 0 bridgehead atoms. The SMILES string of the molecule is Cc1c(C(=O)C(=O)NC2(c3c[nH]nn3)COC2)c(C)n(C)c1C(=O)Nc1ccc(F)c(C#N)c1. The molecule has 0 atom stereocenters. The Morgan fingerprint density at radius 3 is 2.62 bits per heavy atom. The van der Waals surface area contributed by atoms with Gasteiger partial charge in [-0.3, -0.25) is 19.5 Å². The van der Waals surface area contributed by atoms with Crippen LogP contribution < -0.4 is 10.6 Å². The predicted octanol–water partition coefficient (Wildman–Crippen LogP) is 1.25. The fourth-order valence-corrected chi connectivity index (χ4v) is 3.93. The molecule has 11 nitrogen and oxygen atoms in total. The monoisotopic (exact) mass is 465 g/mol. The smallest absolute Gasteiger partial charge is 0.293 e. The first-order valence-electron chi connectivity index (χ1n) is 10.2. The van der Waals surface area contributed by atoms with Crippen molar-refractivity contribution in [3.63, 3.8) is 0 Å². The zero-order valence-electron chi connectivity index (χ0n) is 18.5. The van der Waals surface area contributed by atoms with Gasteiger partial charge in [-0.25, -0.2) is 4.39 Å². The van der Waals surface area contributed by atoms with Crippen molar-refractivity contribution in [2.24, 2.45) is 7.05 Å². The summed E-state index contributed by atoms with van der Waals surface area (Å²) in [5, 5.41) is 24.4. The molecule has 1 saturated heterocycles. The summed E-state index contributed by atoms with van der Waals surface area (Å²) < 4.78 is 20.3.